The molecule has 2 heterocycles. The van der Waals surface area contributed by atoms with Gasteiger partial charge in [-0.15, -0.1) is 26.0 Å². The Hall–Kier alpha value is -4.41. The van der Waals surface area contributed by atoms with Crippen LogP contribution in [0.15, 0.2) is 107 Å². The molecule has 0 fully saturated rings. The van der Waals surface area contributed by atoms with Crippen molar-refractivity contribution < 1.29 is 63.3 Å². The summed E-state index contributed by atoms with van der Waals surface area (Å²) in [6.45, 7) is 32.3. The van der Waals surface area contributed by atoms with Gasteiger partial charge in [0.15, 0.2) is 11.1 Å². The lowest BCUT2D eigenvalue weighted by Crippen LogP contribution is -2.80. The van der Waals surface area contributed by atoms with Gasteiger partial charge in [0.1, 0.15) is 11.4 Å². The fourth-order valence-electron chi connectivity index (χ4n) is 7.75. The standard InChI is InChI=1S/C27H40N2O6.C15H25NO4S2.C14H21NO3S2.2C2H6.C2H2/c1-3-5-7-11-24(10-6-4-2)12-13-25(30)28-16-8-18-33-20-22-35-23-21-34-19-9-17-29-26(31)14-15-27(29)32;1-6-15(2,3)13-11-12(21-19-4)7-8-14(13)16-9-10-22(17,18)20-5;1-14(2)10-15(7-8-20(16)18-4)13-6-5-11(19-17-3)9-12(13)14;3*1-2/h3-4,7,10-11,14-15H,1-2,5-6,8-9,12-13,16-23H2,(H,28,30);7-8,11,16H,6,9-10H2,1-5H3;5-6,9H,7-8,10H2,1-4H3;2*1-2H3;1-2H/p+1. The zero-order valence-corrected chi connectivity index (χ0v) is 55.4. The van der Waals surface area contributed by atoms with E-state index in [4.69, 9.17) is 26.8 Å². The van der Waals surface area contributed by atoms with Crippen LogP contribution in [0, 0.1) is 12.8 Å². The fourth-order valence-corrected chi connectivity index (χ4v) is 9.82. The van der Waals surface area contributed by atoms with Gasteiger partial charge in [-0.25, -0.2) is 4.21 Å². The van der Waals surface area contributed by atoms with E-state index < -0.39 is 21.2 Å². The quantitative estimate of drug-likeness (QED) is 0.00944. The van der Waals surface area contributed by atoms with Crippen molar-refractivity contribution in [2.75, 3.05) is 117 Å². The Labute approximate surface area is 511 Å². The van der Waals surface area contributed by atoms with Crippen LogP contribution in [0.3, 0.4) is 0 Å². The lowest BCUT2D eigenvalue weighted by atomic mass is 9.81. The summed E-state index contributed by atoms with van der Waals surface area (Å²) >= 11 is 1.51. The third-order valence-corrected chi connectivity index (χ3v) is 15.6. The van der Waals surface area contributed by atoms with Crippen LogP contribution in [-0.2, 0) is 77.4 Å². The molecular weight excluding hydrogens is 1140 g/mol. The third kappa shape index (κ3) is 35.0. The van der Waals surface area contributed by atoms with E-state index in [1.807, 2.05) is 69.4 Å². The van der Waals surface area contributed by atoms with E-state index in [0.29, 0.717) is 84.3 Å². The Kier molecular flexibility index (Phi) is 47.4. The van der Waals surface area contributed by atoms with Gasteiger partial charge in [-0.2, -0.15) is 8.42 Å². The summed E-state index contributed by atoms with van der Waals surface area (Å²) in [5.74, 6) is 0.0137. The zero-order chi connectivity index (χ0) is 63.1. The minimum absolute atomic E-state index is 0.00986. The maximum absolute atomic E-state index is 12.0. The van der Waals surface area contributed by atoms with E-state index >= 15 is 0 Å². The van der Waals surface area contributed by atoms with Crippen LogP contribution in [0.5, 0.6) is 0 Å². The number of carbonyl (C=O) groups excluding carboxylic acids is 3. The van der Waals surface area contributed by atoms with Crippen molar-refractivity contribution in [1.29, 1.82) is 0 Å². The summed E-state index contributed by atoms with van der Waals surface area (Å²) in [7, 11) is 2.57. The summed E-state index contributed by atoms with van der Waals surface area (Å²) < 4.78 is 70.2. The average Bonchev–Trinajstić information content (AvgIpc) is 3.94. The van der Waals surface area contributed by atoms with Gasteiger partial charge >= 0.3 is 0 Å². The molecule has 1 atom stereocenters. The summed E-state index contributed by atoms with van der Waals surface area (Å²) in [5.41, 5.74) is 6.05. The van der Waals surface area contributed by atoms with E-state index in [-0.39, 0.29) is 34.3 Å². The Bertz CT molecular complexity index is 2390. The minimum Gasteiger partial charge on any atom is -0.379 e. The van der Waals surface area contributed by atoms with Gasteiger partial charge in [0.05, 0.1) is 67.2 Å². The topological polar surface area (TPSA) is 202 Å². The molecule has 3 N–H and O–H groups in total. The smallest absolute Gasteiger partial charge is 0.272 e. The lowest BCUT2D eigenvalue weighted by molar-refractivity contribution is -0.567. The van der Waals surface area contributed by atoms with Crippen LogP contribution >= 0.6 is 24.1 Å². The Balaban J connectivity index is 0. The van der Waals surface area contributed by atoms with E-state index in [9.17, 15) is 27.0 Å². The third-order valence-electron chi connectivity index (χ3n) is 12.2. The summed E-state index contributed by atoms with van der Waals surface area (Å²) in [6, 6.07) is 12.5. The number of fused-ring (bicyclic) bond motifs is 1. The van der Waals surface area contributed by atoms with E-state index in [0.717, 1.165) is 59.8 Å². The predicted octanol–water partition coefficient (Wildman–Crippen LogP) is 10.5. The van der Waals surface area contributed by atoms with Crippen LogP contribution < -0.4 is 15.5 Å². The van der Waals surface area contributed by atoms with Crippen molar-refractivity contribution in [2.45, 2.75) is 128 Å². The first-order chi connectivity index (χ1) is 39.8. The lowest BCUT2D eigenvalue weighted by Gasteiger charge is -2.25. The van der Waals surface area contributed by atoms with Crippen molar-refractivity contribution in [3.8, 4) is 12.8 Å². The highest BCUT2D eigenvalue weighted by atomic mass is 32.2. The number of ether oxygens (including phenoxy) is 3. The van der Waals surface area contributed by atoms with Crippen LogP contribution in [0.2, 0.25) is 0 Å². The normalized spacial score (nSPS) is 13.7. The van der Waals surface area contributed by atoms with Gasteiger partial charge in [0, 0.05) is 115 Å². The summed E-state index contributed by atoms with van der Waals surface area (Å²) in [4.78, 5) is 40.5. The number of nitrogens with one attached hydrogen (secondary N) is 1. The Morgan fingerprint density at radius 3 is 1.95 bits per heavy atom. The van der Waals surface area contributed by atoms with Crippen molar-refractivity contribution in [3.63, 3.8) is 0 Å². The number of amides is 3. The number of rotatable bonds is 37. The monoisotopic (exact) mass is 1240 g/mol. The van der Waals surface area contributed by atoms with Gasteiger partial charge < -0.3 is 38.1 Å². The summed E-state index contributed by atoms with van der Waals surface area (Å²) in [5, 5.41) is 4.88. The first-order valence-electron chi connectivity index (χ1n) is 28.3. The molecule has 83 heavy (non-hydrogen) atoms. The number of anilines is 1. The SMILES string of the molecule is C#C.C=CCC=CC(=CCC=C)CCC(=O)NCCCOCCOCCOCCCN1C(=O)C=CC1=O.CC.CC.CCC(C)(C)c1cc(SOC)ccc1[NH2+]CCS(=O)(=O)OC.COSc1ccc2c(c1)C(C)(C)CN2CCS(=O)OC. The molecule has 0 saturated carbocycles. The van der Waals surface area contributed by atoms with Crippen LogP contribution in [-0.4, -0.2) is 148 Å². The van der Waals surface area contributed by atoms with Crippen LogP contribution in [0.1, 0.15) is 118 Å². The maximum Gasteiger partial charge on any atom is 0.272 e. The zero-order valence-electron chi connectivity index (χ0n) is 52.1. The number of benzene rings is 2. The Morgan fingerprint density at radius 1 is 0.831 bits per heavy atom. The van der Waals surface area contributed by atoms with E-state index in [2.05, 4.69) is 105 Å². The average molecular weight is 1240 g/mol. The first kappa shape index (κ1) is 80.7. The molecule has 4 rings (SSSR count). The van der Waals surface area contributed by atoms with Crippen molar-refractivity contribution in [2.24, 2.45) is 0 Å². The number of nitrogens with zero attached hydrogens (tertiary/aromatic N) is 2. The molecule has 17 nitrogen and oxygen atoms in total. The van der Waals surface area contributed by atoms with Gasteiger partial charge in [-0.1, -0.05) is 98.3 Å². The fraction of sp³-hybridized carbons (Fsp3) is 0.565. The predicted molar refractivity (Wildman–Crippen MR) is 344 cm³/mol. The number of imide groups is 1. The Morgan fingerprint density at radius 2 is 1.40 bits per heavy atom. The van der Waals surface area contributed by atoms with Crippen LogP contribution in [0.25, 0.3) is 0 Å². The highest BCUT2D eigenvalue weighted by Gasteiger charge is 2.35. The molecule has 2 aromatic carbocycles. The molecule has 0 saturated heterocycles. The molecule has 3 amide bonds. The van der Waals surface area contributed by atoms with Gasteiger partial charge in [0.2, 0.25) is 5.91 Å². The number of nitrogens with two attached hydrogens (primary N) is 1. The van der Waals surface area contributed by atoms with E-state index in [1.165, 1.54) is 72.2 Å². The molecule has 2 aliphatic rings. The number of quaternary nitrogens is 1. The number of allylic oxidation sites excluding steroid dienone is 6. The second-order valence-corrected chi connectivity index (χ2v) is 24.0. The maximum atomic E-state index is 12.0. The van der Waals surface area contributed by atoms with Crippen molar-refractivity contribution in [1.82, 2.24) is 10.2 Å². The molecule has 0 aliphatic carbocycles. The highest BCUT2D eigenvalue weighted by molar-refractivity contribution is 7.95. The second kappa shape index (κ2) is 48.8. The molecule has 2 aliphatic heterocycles. The summed E-state index contributed by atoms with van der Waals surface area (Å²) in [6.07, 6.45) is 25.5. The van der Waals surface area contributed by atoms with Gasteiger partial charge in [-0.05, 0) is 79.8 Å². The van der Waals surface area contributed by atoms with Crippen LogP contribution in [0.4, 0.5) is 11.4 Å². The van der Waals surface area contributed by atoms with Gasteiger partial charge in [0.25, 0.3) is 21.9 Å². The number of hydrogen-bond donors (Lipinski definition) is 2. The number of hydrogen-bond acceptors (Lipinski definition) is 16. The molecule has 2 aromatic rings. The van der Waals surface area contributed by atoms with Gasteiger partial charge in [-0.3, -0.25) is 27.6 Å². The molecule has 0 bridgehead atoms. The molecule has 21 heteroatoms. The largest absolute Gasteiger partial charge is 0.379 e. The first-order valence-corrected chi connectivity index (χ1v) is 32.6. The van der Waals surface area contributed by atoms with E-state index in [1.54, 1.807) is 14.2 Å². The second-order valence-electron chi connectivity index (χ2n) is 18.9. The minimum atomic E-state index is -3.42. The molecule has 470 valence electrons. The molecule has 0 aromatic heterocycles. The number of carbonyl (C=O) groups is 3. The highest BCUT2D eigenvalue weighted by Crippen LogP contribution is 2.42. The van der Waals surface area contributed by atoms with Crippen molar-refractivity contribution in [3.05, 3.63) is 109 Å². The molecule has 0 radical (unpaired) electrons. The van der Waals surface area contributed by atoms with Crippen molar-refractivity contribution >= 4 is 74.4 Å². The molecular formula is C62H101N4O13S4+. The molecule has 0 spiro atoms. The molecule has 1 unspecified atom stereocenters. The number of terminal acetylenes is 1.